The molecule has 18 heteroatoms. The molecular formula is C52H89ClN10O5Si2. The molecule has 0 saturated carbocycles. The predicted molar refractivity (Wildman–Crippen MR) is 295 cm³/mol. The molecule has 5 heterocycles. The molecule has 5 rings (SSSR count). The monoisotopic (exact) mass is 1020 g/mol. The summed E-state index contributed by atoms with van der Waals surface area (Å²) in [7, 11) is 0.133. The molecule has 0 aromatic carbocycles. The van der Waals surface area contributed by atoms with Crippen molar-refractivity contribution in [2.24, 2.45) is 5.84 Å². The molecule has 0 saturated heterocycles. The molecule has 0 aliphatic rings. The number of aliphatic hydroxyl groups excluding tert-OH is 2. The second-order valence-electron chi connectivity index (χ2n) is 20.6. The van der Waals surface area contributed by atoms with Crippen molar-refractivity contribution in [3.63, 3.8) is 0 Å². The van der Waals surface area contributed by atoms with Crippen molar-refractivity contribution in [2.45, 2.75) is 164 Å². The third-order valence-corrected chi connectivity index (χ3v) is 20.5. The topological polar surface area (TPSA) is 192 Å². The average Bonchev–Trinajstić information content (AvgIpc) is 3.99. The minimum Gasteiger partial charge on any atom is -0.412 e. The molecule has 5 aromatic rings. The fourth-order valence-electron chi connectivity index (χ4n) is 5.27. The summed E-state index contributed by atoms with van der Waals surface area (Å²) in [6.07, 6.45) is 12.2. The second-order valence-corrected chi connectivity index (χ2v) is 30.2. The Hall–Kier alpha value is -4.44. The van der Waals surface area contributed by atoms with E-state index in [-0.39, 0.29) is 47.5 Å². The van der Waals surface area contributed by atoms with Gasteiger partial charge in [0.15, 0.2) is 16.6 Å². The molecular weight excluding hydrogens is 936 g/mol. The van der Waals surface area contributed by atoms with Crippen LogP contribution in [-0.2, 0) is 28.7 Å². The van der Waals surface area contributed by atoms with Gasteiger partial charge in [0.1, 0.15) is 11.4 Å². The van der Waals surface area contributed by atoms with Gasteiger partial charge < -0.3 is 24.0 Å². The molecule has 0 amide bonds. The van der Waals surface area contributed by atoms with Crippen LogP contribution in [0.2, 0.25) is 36.3 Å². The minimum absolute atomic E-state index is 0. The zero-order valence-electron chi connectivity index (χ0n) is 45.9. The molecule has 15 nitrogen and oxygen atoms in total. The number of ketones is 1. The van der Waals surface area contributed by atoms with Crippen molar-refractivity contribution in [1.82, 2.24) is 44.8 Å². The lowest BCUT2D eigenvalue weighted by Crippen LogP contribution is -2.40. The van der Waals surface area contributed by atoms with E-state index in [0.717, 1.165) is 39.5 Å². The lowest BCUT2D eigenvalue weighted by Gasteiger charge is -2.36. The quantitative estimate of drug-likeness (QED) is 0.0255. The maximum Gasteiger partial charge on any atom is 0.205 e. The van der Waals surface area contributed by atoms with Crippen molar-refractivity contribution in [3.05, 3.63) is 114 Å². The largest absolute Gasteiger partial charge is 0.412 e. The third kappa shape index (κ3) is 21.9. The molecule has 0 bridgehead atoms. The Morgan fingerprint density at radius 3 is 1.67 bits per heavy atom. The van der Waals surface area contributed by atoms with Crippen LogP contribution in [0.15, 0.2) is 91.8 Å². The van der Waals surface area contributed by atoms with Crippen LogP contribution in [0, 0.1) is 0 Å². The number of carbonyl (C=O) groups excluding carboxylic acids is 1. The number of nitrogens with two attached hydrogens (primary N) is 1. The van der Waals surface area contributed by atoms with E-state index in [2.05, 4.69) is 132 Å². The first kappa shape index (κ1) is 65.6. The number of rotatable bonds is 15. The van der Waals surface area contributed by atoms with Gasteiger partial charge >= 0.3 is 0 Å². The van der Waals surface area contributed by atoms with Gasteiger partial charge in [-0.2, -0.15) is 10.2 Å². The number of hydrogen-bond acceptors (Lipinski definition) is 13. The SMILES string of the molecule is CC(C)NN.CC(C)n1ccc(-c2ncccc2CO[Si](C)(C)C(C)(C)C)n1.CC(C)n1nccc1-c1ncccc1CO.CCO.CN(C)/C=C/C(=O)c1ncccc1CO[Si](C)(C)C(C)(C)C.Cl. The maximum atomic E-state index is 12.3. The Bertz CT molecular complexity index is 2270. The second kappa shape index (κ2) is 31.1. The number of nitrogens with one attached hydrogen (secondary N) is 1. The molecule has 0 fully saturated rings. The van der Waals surface area contributed by atoms with Crippen molar-refractivity contribution < 1.29 is 23.9 Å². The lowest BCUT2D eigenvalue weighted by atomic mass is 10.1. The van der Waals surface area contributed by atoms with Crippen molar-refractivity contribution in [3.8, 4) is 22.8 Å². The third-order valence-electron chi connectivity index (χ3n) is 11.5. The number of halogens is 1. The van der Waals surface area contributed by atoms with Crippen molar-refractivity contribution in [2.75, 3.05) is 20.7 Å². The highest BCUT2D eigenvalue weighted by Crippen LogP contribution is 2.38. The van der Waals surface area contributed by atoms with Gasteiger partial charge in [-0.25, -0.2) is 0 Å². The highest BCUT2D eigenvalue weighted by Gasteiger charge is 2.38. The van der Waals surface area contributed by atoms with E-state index in [4.69, 9.17) is 19.8 Å². The fraction of sp³-hybridized carbons (Fsp3) is 0.538. The van der Waals surface area contributed by atoms with E-state index in [1.807, 2.05) is 97.1 Å². The number of carbonyl (C=O) groups is 1. The van der Waals surface area contributed by atoms with Gasteiger partial charge in [-0.15, -0.1) is 12.4 Å². The highest BCUT2D eigenvalue weighted by molar-refractivity contribution is 6.74. The summed E-state index contributed by atoms with van der Waals surface area (Å²) < 4.78 is 16.4. The first-order valence-electron chi connectivity index (χ1n) is 23.8. The maximum absolute atomic E-state index is 12.3. The van der Waals surface area contributed by atoms with Crippen LogP contribution in [0.4, 0.5) is 0 Å². The Labute approximate surface area is 429 Å². The van der Waals surface area contributed by atoms with Crippen LogP contribution in [0.25, 0.3) is 22.8 Å². The molecule has 0 aliphatic heterocycles. The minimum atomic E-state index is -1.85. The fourth-order valence-corrected chi connectivity index (χ4v) is 7.17. The number of allylic oxidation sites excluding steroid dienone is 1. The van der Waals surface area contributed by atoms with E-state index in [1.165, 1.54) is 6.08 Å². The number of pyridine rings is 3. The molecule has 392 valence electrons. The molecule has 0 aliphatic carbocycles. The van der Waals surface area contributed by atoms with Gasteiger partial charge in [-0.05, 0) is 115 Å². The smallest absolute Gasteiger partial charge is 0.205 e. The summed E-state index contributed by atoms with van der Waals surface area (Å²) in [4.78, 5) is 27.2. The Morgan fingerprint density at radius 2 is 1.23 bits per heavy atom. The number of hydrazine groups is 1. The van der Waals surface area contributed by atoms with Gasteiger partial charge in [0.25, 0.3) is 0 Å². The first-order chi connectivity index (χ1) is 32.1. The summed E-state index contributed by atoms with van der Waals surface area (Å²) in [6, 6.07) is 16.5. The summed E-state index contributed by atoms with van der Waals surface area (Å²) >= 11 is 0. The van der Waals surface area contributed by atoms with Gasteiger partial charge in [0, 0.05) is 98.8 Å². The number of aliphatic hydroxyl groups is 2. The van der Waals surface area contributed by atoms with E-state index in [9.17, 15) is 9.90 Å². The van der Waals surface area contributed by atoms with Crippen molar-refractivity contribution in [1.29, 1.82) is 0 Å². The van der Waals surface area contributed by atoms with Crippen LogP contribution in [0.3, 0.4) is 0 Å². The zero-order valence-corrected chi connectivity index (χ0v) is 48.7. The summed E-state index contributed by atoms with van der Waals surface area (Å²) in [5, 5.41) is 26.1. The van der Waals surface area contributed by atoms with E-state index < -0.39 is 16.6 Å². The van der Waals surface area contributed by atoms with Crippen molar-refractivity contribution >= 4 is 34.8 Å². The highest BCUT2D eigenvalue weighted by atomic mass is 35.5. The molecule has 0 unspecified atom stereocenters. The first-order valence-corrected chi connectivity index (χ1v) is 29.7. The Kier molecular flexibility index (Phi) is 29.1. The van der Waals surface area contributed by atoms with E-state index in [1.54, 1.807) is 31.7 Å². The zero-order chi connectivity index (χ0) is 52.8. The van der Waals surface area contributed by atoms with Gasteiger partial charge in [0.2, 0.25) is 5.78 Å². The Morgan fingerprint density at radius 1 is 0.757 bits per heavy atom. The van der Waals surface area contributed by atoms with Gasteiger partial charge in [0.05, 0.1) is 36.9 Å². The molecule has 5 N–H and O–H groups in total. The van der Waals surface area contributed by atoms with Crippen LogP contribution in [-0.4, -0.2) is 98.8 Å². The lowest BCUT2D eigenvalue weighted by molar-refractivity contribution is 0.103. The molecule has 70 heavy (non-hydrogen) atoms. The molecule has 5 aromatic heterocycles. The molecule has 0 spiro atoms. The predicted octanol–water partition coefficient (Wildman–Crippen LogP) is 11.2. The van der Waals surface area contributed by atoms with Crippen LogP contribution in [0.1, 0.15) is 129 Å². The van der Waals surface area contributed by atoms with E-state index >= 15 is 0 Å². The van der Waals surface area contributed by atoms with E-state index in [0.29, 0.717) is 31.0 Å². The summed E-state index contributed by atoms with van der Waals surface area (Å²) in [6.45, 7) is 37.6. The van der Waals surface area contributed by atoms with Gasteiger partial charge in [-0.3, -0.25) is 40.4 Å². The number of hydrogen-bond donors (Lipinski definition) is 4. The summed E-state index contributed by atoms with van der Waals surface area (Å²) in [5.41, 5.74) is 9.35. The normalized spacial score (nSPS) is 11.7. The summed E-state index contributed by atoms with van der Waals surface area (Å²) in [5.74, 6) is 4.83. The average molecular weight is 1030 g/mol. The van der Waals surface area contributed by atoms with Crippen LogP contribution < -0.4 is 11.3 Å². The van der Waals surface area contributed by atoms with Crippen LogP contribution in [0.5, 0.6) is 0 Å². The number of nitrogens with zero attached hydrogens (tertiary/aromatic N) is 8. The molecule has 0 atom stereocenters. The molecule has 0 radical (unpaired) electrons. The standard InChI is InChI=1S/C18H29N3OSi.C17H28N2O2Si.C12H15N3O.C3H10N2.C2H6O.ClH/c1-14(2)21-12-10-16(20-21)17-15(9-8-11-19-17)13-22-23(6,7)18(3,4)5;1-17(2,3)22(6,7)21-13-14-9-8-11-18-16(14)15(20)10-12-19(4)5;1-9(2)15-11(5-7-14-15)12-10(8-16)4-3-6-13-12;1-3(2)5-4;1-2-3;/h8-12,14H,13H2,1-7H3;8-12H,13H2,1-7H3;3-7,9,16H,8H2,1-2H3;3,5H,4H2,1-2H3;3H,2H2,1H3;1H/b;12-10+;;;;. The number of aromatic nitrogens is 7. The Balaban J connectivity index is 0.000000949. The van der Waals surface area contributed by atoms with Crippen LogP contribution >= 0.6 is 12.4 Å². The van der Waals surface area contributed by atoms with Gasteiger partial charge in [-0.1, -0.05) is 59.7 Å².